The van der Waals surface area contributed by atoms with Gasteiger partial charge in [-0.2, -0.15) is 0 Å². The second-order valence-electron chi connectivity index (χ2n) is 4.58. The van der Waals surface area contributed by atoms with Gasteiger partial charge in [0.25, 0.3) is 0 Å². The molecule has 0 saturated carbocycles. The van der Waals surface area contributed by atoms with E-state index in [2.05, 4.69) is 10.2 Å². The van der Waals surface area contributed by atoms with Crippen molar-refractivity contribution in [1.29, 1.82) is 0 Å². The maximum atomic E-state index is 13.3. The van der Waals surface area contributed by atoms with Gasteiger partial charge in [-0.1, -0.05) is 0 Å². The summed E-state index contributed by atoms with van der Waals surface area (Å²) in [4.78, 5) is 13.4. The van der Waals surface area contributed by atoms with Crippen LogP contribution in [0.15, 0.2) is 18.2 Å². The minimum absolute atomic E-state index is 0.0574. The van der Waals surface area contributed by atoms with Crippen molar-refractivity contribution in [3.63, 3.8) is 0 Å². The number of benzene rings is 1. The van der Waals surface area contributed by atoms with E-state index in [1.807, 2.05) is 6.92 Å². The second kappa shape index (κ2) is 5.35. The average Bonchev–Trinajstić information content (AvgIpc) is 2.54. The number of carbonyl (C=O) groups is 1. The lowest BCUT2D eigenvalue weighted by atomic mass is 10.1. The van der Waals surface area contributed by atoms with Gasteiger partial charge in [0.1, 0.15) is 5.82 Å². The Balaban J connectivity index is 2.29. The zero-order valence-electron chi connectivity index (χ0n) is 10.4. The molecule has 1 fully saturated rings. The molecule has 18 heavy (non-hydrogen) atoms. The van der Waals surface area contributed by atoms with E-state index in [9.17, 15) is 9.18 Å². The summed E-state index contributed by atoms with van der Waals surface area (Å²) >= 11 is 0. The van der Waals surface area contributed by atoms with Crippen molar-refractivity contribution in [2.75, 3.05) is 24.5 Å². The van der Waals surface area contributed by atoms with E-state index in [0.717, 1.165) is 17.8 Å². The maximum absolute atomic E-state index is 13.3. The van der Waals surface area contributed by atoms with Crippen LogP contribution in [0, 0.1) is 5.82 Å². The molecule has 2 rings (SSSR count). The van der Waals surface area contributed by atoms with Crippen LogP contribution in [0.3, 0.4) is 0 Å². The third-order valence-electron chi connectivity index (χ3n) is 3.13. The highest BCUT2D eigenvalue weighted by atomic mass is 19.1. The zero-order valence-corrected chi connectivity index (χ0v) is 10.4. The number of nitrogens with zero attached hydrogens (tertiary/aromatic N) is 1. The van der Waals surface area contributed by atoms with E-state index in [4.69, 9.17) is 5.73 Å². The van der Waals surface area contributed by atoms with Crippen LogP contribution in [-0.2, 0) is 4.79 Å². The molecule has 1 aromatic rings. The van der Waals surface area contributed by atoms with Crippen molar-refractivity contribution < 1.29 is 9.18 Å². The molecular weight excluding hydrogens is 233 g/mol. The number of carbonyl (C=O) groups excluding carboxylic acids is 1. The SMILES string of the molecule is C[C@@H](N)c1cc(F)ccc1N1CCNC(=O)CC1. The third-order valence-corrected chi connectivity index (χ3v) is 3.13. The van der Waals surface area contributed by atoms with E-state index in [1.165, 1.54) is 12.1 Å². The Labute approximate surface area is 106 Å². The van der Waals surface area contributed by atoms with Gasteiger partial charge in [-0.3, -0.25) is 4.79 Å². The molecule has 1 aliphatic rings. The predicted molar refractivity (Wildman–Crippen MR) is 68.8 cm³/mol. The first-order valence-corrected chi connectivity index (χ1v) is 6.14. The average molecular weight is 251 g/mol. The maximum Gasteiger partial charge on any atom is 0.221 e. The molecule has 0 radical (unpaired) electrons. The number of amides is 1. The van der Waals surface area contributed by atoms with Crippen LogP contribution in [0.4, 0.5) is 10.1 Å². The minimum Gasteiger partial charge on any atom is -0.369 e. The van der Waals surface area contributed by atoms with Crippen LogP contribution < -0.4 is 16.0 Å². The summed E-state index contributed by atoms with van der Waals surface area (Å²) in [6.45, 7) is 3.79. The topological polar surface area (TPSA) is 58.4 Å². The highest BCUT2D eigenvalue weighted by Gasteiger charge is 2.18. The zero-order chi connectivity index (χ0) is 13.1. The molecule has 1 heterocycles. The second-order valence-corrected chi connectivity index (χ2v) is 4.58. The summed E-state index contributed by atoms with van der Waals surface area (Å²) < 4.78 is 13.3. The van der Waals surface area contributed by atoms with Crippen LogP contribution in [0.5, 0.6) is 0 Å². The number of rotatable bonds is 2. The smallest absolute Gasteiger partial charge is 0.221 e. The molecule has 1 aromatic carbocycles. The molecule has 0 aliphatic carbocycles. The highest BCUT2D eigenvalue weighted by Crippen LogP contribution is 2.26. The lowest BCUT2D eigenvalue weighted by molar-refractivity contribution is -0.120. The first kappa shape index (κ1) is 12.8. The number of hydrogen-bond donors (Lipinski definition) is 2. The van der Waals surface area contributed by atoms with Crippen molar-refractivity contribution in [1.82, 2.24) is 5.32 Å². The Morgan fingerprint density at radius 1 is 1.44 bits per heavy atom. The van der Waals surface area contributed by atoms with Gasteiger partial charge in [-0.05, 0) is 30.7 Å². The van der Waals surface area contributed by atoms with Gasteiger partial charge < -0.3 is 16.0 Å². The normalized spacial score (nSPS) is 18.2. The highest BCUT2D eigenvalue weighted by molar-refractivity contribution is 5.77. The summed E-state index contributed by atoms with van der Waals surface area (Å²) in [5.41, 5.74) is 7.58. The number of halogens is 1. The summed E-state index contributed by atoms with van der Waals surface area (Å²) in [6.07, 6.45) is 0.454. The Bertz CT molecular complexity index is 448. The first-order chi connectivity index (χ1) is 8.58. The van der Waals surface area contributed by atoms with Gasteiger partial charge in [0.05, 0.1) is 0 Å². The lowest BCUT2D eigenvalue weighted by Crippen LogP contribution is -2.29. The fourth-order valence-corrected chi connectivity index (χ4v) is 2.19. The largest absolute Gasteiger partial charge is 0.369 e. The molecule has 0 aromatic heterocycles. The summed E-state index contributed by atoms with van der Waals surface area (Å²) in [5.74, 6) is -0.225. The van der Waals surface area contributed by atoms with Gasteiger partial charge in [0.2, 0.25) is 5.91 Å². The van der Waals surface area contributed by atoms with E-state index in [0.29, 0.717) is 19.5 Å². The fourth-order valence-electron chi connectivity index (χ4n) is 2.19. The Hall–Kier alpha value is -1.62. The van der Waals surface area contributed by atoms with Crippen molar-refractivity contribution in [2.24, 2.45) is 5.73 Å². The first-order valence-electron chi connectivity index (χ1n) is 6.14. The van der Waals surface area contributed by atoms with E-state index in [1.54, 1.807) is 6.07 Å². The fraction of sp³-hybridized carbons (Fsp3) is 0.462. The molecule has 0 bridgehead atoms. The van der Waals surface area contributed by atoms with Crippen molar-refractivity contribution >= 4 is 11.6 Å². The lowest BCUT2D eigenvalue weighted by Gasteiger charge is -2.26. The quantitative estimate of drug-likeness (QED) is 0.829. The van der Waals surface area contributed by atoms with Gasteiger partial charge >= 0.3 is 0 Å². The molecule has 98 valence electrons. The van der Waals surface area contributed by atoms with Crippen LogP contribution in [0.25, 0.3) is 0 Å². The monoisotopic (exact) mass is 251 g/mol. The van der Waals surface area contributed by atoms with Crippen molar-refractivity contribution in [3.8, 4) is 0 Å². The van der Waals surface area contributed by atoms with Gasteiger partial charge in [0.15, 0.2) is 0 Å². The molecule has 1 saturated heterocycles. The van der Waals surface area contributed by atoms with Gasteiger partial charge in [-0.25, -0.2) is 4.39 Å². The van der Waals surface area contributed by atoms with E-state index < -0.39 is 0 Å². The van der Waals surface area contributed by atoms with E-state index in [-0.39, 0.29) is 17.8 Å². The molecule has 0 spiro atoms. The third kappa shape index (κ3) is 2.79. The standard InChI is InChI=1S/C13H18FN3O/c1-9(15)11-8-10(14)2-3-12(11)17-6-4-13(18)16-5-7-17/h2-3,8-9H,4-7,15H2,1H3,(H,16,18)/t9-/m1/s1. The number of anilines is 1. The van der Waals surface area contributed by atoms with Crippen LogP contribution in [-0.4, -0.2) is 25.5 Å². The molecule has 0 unspecified atom stereocenters. The van der Waals surface area contributed by atoms with Gasteiger partial charge in [0, 0.05) is 37.8 Å². The Morgan fingerprint density at radius 2 is 2.22 bits per heavy atom. The summed E-state index contributed by atoms with van der Waals surface area (Å²) in [5, 5.41) is 2.82. The number of hydrogen-bond acceptors (Lipinski definition) is 3. The molecule has 1 atom stereocenters. The summed E-state index contributed by atoms with van der Waals surface area (Å²) in [6, 6.07) is 4.41. The van der Waals surface area contributed by atoms with Gasteiger partial charge in [-0.15, -0.1) is 0 Å². The molecule has 1 aliphatic heterocycles. The van der Waals surface area contributed by atoms with E-state index >= 15 is 0 Å². The van der Waals surface area contributed by atoms with Crippen molar-refractivity contribution in [2.45, 2.75) is 19.4 Å². The number of nitrogens with two attached hydrogens (primary N) is 1. The molecule has 5 heteroatoms. The number of nitrogens with one attached hydrogen (secondary N) is 1. The van der Waals surface area contributed by atoms with Crippen LogP contribution >= 0.6 is 0 Å². The molecular formula is C13H18FN3O. The molecule has 4 nitrogen and oxygen atoms in total. The Kier molecular flexibility index (Phi) is 3.81. The van der Waals surface area contributed by atoms with Crippen LogP contribution in [0.2, 0.25) is 0 Å². The molecule has 3 N–H and O–H groups in total. The minimum atomic E-state index is -0.282. The molecule has 1 amide bonds. The van der Waals surface area contributed by atoms with Crippen molar-refractivity contribution in [3.05, 3.63) is 29.6 Å². The predicted octanol–water partition coefficient (Wildman–Crippen LogP) is 1.17. The Morgan fingerprint density at radius 3 is 2.94 bits per heavy atom. The summed E-state index contributed by atoms with van der Waals surface area (Å²) in [7, 11) is 0. The van der Waals surface area contributed by atoms with Crippen LogP contribution in [0.1, 0.15) is 24.9 Å².